The standard InChI is InChI=1S/C9H9.2C4H9.Al/c1-2-6-9-7-4-3-5-8-9;2*1-4(2)3;/h2-5,7-8H,1H3;2*4H,1H2,2-3H3;. The highest BCUT2D eigenvalue weighted by atomic mass is 27.2. The van der Waals surface area contributed by atoms with Gasteiger partial charge in [0.2, 0.25) is 0 Å². The fourth-order valence-corrected chi connectivity index (χ4v) is 6.87. The molecule has 0 aliphatic carbocycles. The predicted molar refractivity (Wildman–Crippen MR) is 85.1 cm³/mol. The fourth-order valence-electron chi connectivity index (χ4n) is 2.76. The monoisotopic (exact) mass is 258 g/mol. The van der Waals surface area contributed by atoms with E-state index in [0.717, 1.165) is 11.8 Å². The van der Waals surface area contributed by atoms with Gasteiger partial charge < -0.3 is 0 Å². The Bertz CT molecular complexity index is 352. The van der Waals surface area contributed by atoms with Crippen molar-refractivity contribution in [2.75, 3.05) is 0 Å². The van der Waals surface area contributed by atoms with E-state index >= 15 is 0 Å². The minimum Gasteiger partial charge on any atom is -0.108 e. The molecule has 0 fully saturated rings. The summed E-state index contributed by atoms with van der Waals surface area (Å²) in [4.78, 5) is 0. The Morgan fingerprint density at radius 1 is 1.00 bits per heavy atom. The van der Waals surface area contributed by atoms with Gasteiger partial charge in [0, 0.05) is 0 Å². The van der Waals surface area contributed by atoms with E-state index in [0.29, 0.717) is 0 Å². The lowest BCUT2D eigenvalue weighted by molar-refractivity contribution is 0.695. The lowest BCUT2D eigenvalue weighted by Gasteiger charge is -2.20. The van der Waals surface area contributed by atoms with Gasteiger partial charge >= 0.3 is 14.1 Å². The maximum atomic E-state index is 2.37. The number of allylic oxidation sites excluding steroid dienone is 1. The van der Waals surface area contributed by atoms with Crippen LogP contribution in [0.15, 0.2) is 36.4 Å². The summed E-state index contributed by atoms with van der Waals surface area (Å²) in [6.07, 6.45) is 2.37. The molecule has 0 heterocycles. The Kier molecular flexibility index (Phi) is 6.76. The van der Waals surface area contributed by atoms with E-state index in [4.69, 9.17) is 0 Å². The summed E-state index contributed by atoms with van der Waals surface area (Å²) in [5.41, 5.74) is 1.46. The van der Waals surface area contributed by atoms with Gasteiger partial charge in [-0.2, -0.15) is 0 Å². The molecule has 1 aromatic carbocycles. The van der Waals surface area contributed by atoms with Crippen LogP contribution in [-0.2, 0) is 0 Å². The zero-order chi connectivity index (χ0) is 13.5. The van der Waals surface area contributed by atoms with Crippen LogP contribution in [0.25, 0.3) is 4.44 Å². The molecule has 0 saturated heterocycles. The van der Waals surface area contributed by atoms with Crippen molar-refractivity contribution >= 4 is 18.6 Å². The van der Waals surface area contributed by atoms with Crippen LogP contribution in [0.5, 0.6) is 0 Å². The van der Waals surface area contributed by atoms with Crippen LogP contribution in [0.2, 0.25) is 10.6 Å². The molecule has 1 aromatic rings. The van der Waals surface area contributed by atoms with E-state index in [-0.39, 0.29) is 0 Å². The molecule has 0 nitrogen and oxygen atoms in total. The highest BCUT2D eigenvalue weighted by Crippen LogP contribution is 2.27. The molecule has 0 saturated carbocycles. The van der Waals surface area contributed by atoms with Gasteiger partial charge in [-0.1, -0.05) is 86.5 Å². The van der Waals surface area contributed by atoms with Crippen molar-refractivity contribution in [1.82, 2.24) is 0 Å². The first-order chi connectivity index (χ1) is 8.54. The van der Waals surface area contributed by atoms with E-state index in [1.165, 1.54) is 16.1 Å². The van der Waals surface area contributed by atoms with Crippen LogP contribution in [0.1, 0.15) is 40.2 Å². The smallest absolute Gasteiger partial charge is 0.108 e. The first-order valence-corrected chi connectivity index (χ1v) is 9.47. The minimum absolute atomic E-state index is 0.819. The topological polar surface area (TPSA) is 0 Å². The average molecular weight is 258 g/mol. The van der Waals surface area contributed by atoms with E-state index in [1.807, 2.05) is 0 Å². The van der Waals surface area contributed by atoms with Crippen molar-refractivity contribution in [2.24, 2.45) is 11.8 Å². The van der Waals surface area contributed by atoms with E-state index < -0.39 is 14.1 Å². The largest absolute Gasteiger partial charge is 0.306 e. The van der Waals surface area contributed by atoms with Gasteiger partial charge in [0.05, 0.1) is 0 Å². The van der Waals surface area contributed by atoms with E-state index in [2.05, 4.69) is 71.0 Å². The van der Waals surface area contributed by atoms with Gasteiger partial charge in [0.15, 0.2) is 0 Å². The maximum Gasteiger partial charge on any atom is 0.306 e. The second-order valence-electron chi connectivity index (χ2n) is 6.07. The van der Waals surface area contributed by atoms with Crippen LogP contribution in [0, 0.1) is 11.8 Å². The molecule has 0 amide bonds. The second-order valence-corrected chi connectivity index (χ2v) is 9.02. The van der Waals surface area contributed by atoms with E-state index in [1.54, 1.807) is 4.44 Å². The van der Waals surface area contributed by atoms with Crippen molar-refractivity contribution < 1.29 is 0 Å². The summed E-state index contributed by atoms with van der Waals surface area (Å²) in [5.74, 6) is 1.64. The zero-order valence-electron chi connectivity index (χ0n) is 12.6. The summed E-state index contributed by atoms with van der Waals surface area (Å²) < 4.78 is 1.66. The summed E-state index contributed by atoms with van der Waals surface area (Å²) in [6.45, 7) is 11.7. The summed E-state index contributed by atoms with van der Waals surface area (Å²) in [5, 5.41) is 2.85. The molecular weight excluding hydrogens is 231 g/mol. The van der Waals surface area contributed by atoms with Gasteiger partial charge in [-0.25, -0.2) is 0 Å². The molecule has 1 rings (SSSR count). The third-order valence-electron chi connectivity index (χ3n) is 3.37. The van der Waals surface area contributed by atoms with Crippen molar-refractivity contribution in [3.63, 3.8) is 0 Å². The quantitative estimate of drug-likeness (QED) is 0.596. The molecule has 0 radical (unpaired) electrons. The Hall–Kier alpha value is -0.508. The van der Waals surface area contributed by atoms with E-state index in [9.17, 15) is 0 Å². The molecule has 0 bridgehead atoms. The summed E-state index contributed by atoms with van der Waals surface area (Å²) in [7, 11) is 0. The fraction of sp³-hybridized carbons (Fsp3) is 0.529. The molecule has 0 unspecified atom stereocenters. The average Bonchev–Trinajstić information content (AvgIpc) is 2.29. The Morgan fingerprint density at radius 3 is 1.89 bits per heavy atom. The first kappa shape index (κ1) is 15.5. The Balaban J connectivity index is 2.94. The Morgan fingerprint density at radius 2 is 1.50 bits per heavy atom. The van der Waals surface area contributed by atoms with Gasteiger partial charge in [0.1, 0.15) is 0 Å². The van der Waals surface area contributed by atoms with Gasteiger partial charge in [-0.3, -0.25) is 0 Å². The molecule has 1 heteroatoms. The maximum absolute atomic E-state index is 2.37. The molecule has 0 aliphatic heterocycles. The normalized spacial score (nSPS) is 12.3. The van der Waals surface area contributed by atoms with Crippen molar-refractivity contribution in [3.8, 4) is 0 Å². The Labute approximate surface area is 118 Å². The molecule has 0 aromatic heterocycles. The third kappa shape index (κ3) is 5.01. The summed E-state index contributed by atoms with van der Waals surface area (Å²) >= 11 is -0.830. The molecule has 18 heavy (non-hydrogen) atoms. The van der Waals surface area contributed by atoms with Gasteiger partial charge in [-0.05, 0) is 12.5 Å². The van der Waals surface area contributed by atoms with Crippen LogP contribution in [0.4, 0.5) is 0 Å². The minimum atomic E-state index is -0.830. The first-order valence-electron chi connectivity index (χ1n) is 7.26. The third-order valence-corrected chi connectivity index (χ3v) is 7.94. The van der Waals surface area contributed by atoms with Gasteiger partial charge in [-0.15, -0.1) is 4.44 Å². The van der Waals surface area contributed by atoms with Crippen LogP contribution in [-0.4, -0.2) is 14.1 Å². The van der Waals surface area contributed by atoms with Crippen molar-refractivity contribution in [1.29, 1.82) is 0 Å². The number of hydrogen-bond donors (Lipinski definition) is 0. The lowest BCUT2D eigenvalue weighted by Crippen LogP contribution is -2.20. The molecular formula is C17H27Al. The van der Waals surface area contributed by atoms with Crippen molar-refractivity contribution in [3.05, 3.63) is 42.0 Å². The predicted octanol–water partition coefficient (Wildman–Crippen LogP) is 5.44. The second kappa shape index (κ2) is 7.82. The highest BCUT2D eigenvalue weighted by Gasteiger charge is 2.24. The molecule has 0 atom stereocenters. The highest BCUT2D eigenvalue weighted by molar-refractivity contribution is 6.79. The summed E-state index contributed by atoms with van der Waals surface area (Å²) in [6, 6.07) is 11.0. The van der Waals surface area contributed by atoms with Crippen LogP contribution >= 0.6 is 0 Å². The molecule has 0 aliphatic rings. The van der Waals surface area contributed by atoms with Crippen LogP contribution in [0.3, 0.4) is 0 Å². The van der Waals surface area contributed by atoms with Gasteiger partial charge in [0.25, 0.3) is 0 Å². The molecule has 0 spiro atoms. The van der Waals surface area contributed by atoms with Crippen molar-refractivity contribution in [2.45, 2.75) is 45.2 Å². The van der Waals surface area contributed by atoms with Crippen LogP contribution < -0.4 is 0 Å². The number of rotatable bonds is 6. The number of benzene rings is 1. The molecule has 0 N–H and O–H groups in total. The molecule has 98 valence electrons. The lowest BCUT2D eigenvalue weighted by atomic mass is 10.2. The zero-order valence-corrected chi connectivity index (χ0v) is 13.8. The SMILES string of the molecule is C/C=[C](\c1ccccc1)[Al]([CH2]C(C)C)[CH2]C(C)C. The number of hydrogen-bond acceptors (Lipinski definition) is 0.